The molecular weight excluding hydrogens is 781 g/mol. The third-order valence-corrected chi connectivity index (χ3v) is 15.6. The molecule has 0 bridgehead atoms. The van der Waals surface area contributed by atoms with Crippen LogP contribution in [0.5, 0.6) is 0 Å². The van der Waals surface area contributed by atoms with Crippen molar-refractivity contribution >= 4 is 70.4 Å². The predicted molar refractivity (Wildman–Crippen MR) is 269 cm³/mol. The first-order valence-electron chi connectivity index (χ1n) is 22.1. The van der Waals surface area contributed by atoms with E-state index >= 15 is 0 Å². The van der Waals surface area contributed by atoms with Crippen molar-refractivity contribution in [1.82, 2.24) is 4.57 Å². The average Bonchev–Trinajstić information content (AvgIpc) is 4.00. The standard InChI is InChI=1S/C60H44N2S/c1-59(2)51-22-11-8-17-43(51)45-31-29-41(36-53(45)59)61(39-27-25-37(26-28-39)42-20-14-21-49-46-19-10-13-24-55(46)63-58(42)49)40-30-34-54-50(35-40)48-33-32-47-44-18-9-12-23-52(44)60(3,4)56(47)57(48)62(54)38-15-6-5-7-16-38/h5-36H,1-4H3. The third-order valence-electron chi connectivity index (χ3n) is 14.4. The molecule has 0 N–H and O–H groups in total. The van der Waals surface area contributed by atoms with Gasteiger partial charge in [-0.3, -0.25) is 0 Å². The lowest BCUT2D eigenvalue weighted by molar-refractivity contribution is 0.660. The van der Waals surface area contributed by atoms with Gasteiger partial charge in [0, 0.05) is 64.5 Å². The first kappa shape index (κ1) is 36.5. The van der Waals surface area contributed by atoms with Crippen molar-refractivity contribution in [2.24, 2.45) is 0 Å². The van der Waals surface area contributed by atoms with E-state index in [1.54, 1.807) is 0 Å². The van der Waals surface area contributed by atoms with Crippen molar-refractivity contribution < 1.29 is 0 Å². The van der Waals surface area contributed by atoms with Crippen LogP contribution in [0.25, 0.3) is 81.0 Å². The minimum Gasteiger partial charge on any atom is -0.310 e. The van der Waals surface area contributed by atoms with Crippen LogP contribution in [0.4, 0.5) is 17.1 Å². The Balaban J connectivity index is 1.03. The number of rotatable bonds is 5. The van der Waals surface area contributed by atoms with Gasteiger partial charge in [-0.15, -0.1) is 11.3 Å². The van der Waals surface area contributed by atoms with E-state index in [1.165, 1.54) is 103 Å². The van der Waals surface area contributed by atoms with Gasteiger partial charge in [0.25, 0.3) is 0 Å². The summed E-state index contributed by atoms with van der Waals surface area (Å²) in [6.07, 6.45) is 0. The molecule has 3 heteroatoms. The molecule has 0 atom stereocenters. The van der Waals surface area contributed by atoms with Crippen LogP contribution in [0.2, 0.25) is 0 Å². The number of fused-ring (bicyclic) bond motifs is 13. The number of nitrogens with zero attached hydrogens (tertiary/aromatic N) is 2. The minimum absolute atomic E-state index is 0.127. The molecule has 11 aromatic rings. The van der Waals surface area contributed by atoms with Gasteiger partial charge in [-0.05, 0) is 116 Å². The number of hydrogen-bond donors (Lipinski definition) is 0. The average molecular weight is 825 g/mol. The Morgan fingerprint density at radius 3 is 1.83 bits per heavy atom. The Hall–Kier alpha value is -7.20. The van der Waals surface area contributed by atoms with Crippen molar-refractivity contribution in [2.45, 2.75) is 38.5 Å². The first-order valence-corrected chi connectivity index (χ1v) is 22.9. The summed E-state index contributed by atoms with van der Waals surface area (Å²) in [5, 5.41) is 5.16. The van der Waals surface area contributed by atoms with Crippen LogP contribution in [0.1, 0.15) is 49.9 Å². The molecule has 2 aliphatic carbocycles. The topological polar surface area (TPSA) is 8.17 Å². The highest BCUT2D eigenvalue weighted by Gasteiger charge is 2.39. The quantitative estimate of drug-likeness (QED) is 0.168. The largest absolute Gasteiger partial charge is 0.310 e. The molecule has 300 valence electrons. The summed E-state index contributed by atoms with van der Waals surface area (Å²) in [6, 6.07) is 72.6. The van der Waals surface area contributed by atoms with Crippen molar-refractivity contribution in [3.63, 3.8) is 0 Å². The molecule has 9 aromatic carbocycles. The second-order valence-corrected chi connectivity index (χ2v) is 19.5. The van der Waals surface area contributed by atoms with E-state index in [0.717, 1.165) is 17.1 Å². The predicted octanol–water partition coefficient (Wildman–Crippen LogP) is 16.9. The summed E-state index contributed by atoms with van der Waals surface area (Å²) in [5.41, 5.74) is 20.1. The SMILES string of the molecule is CC1(C)c2ccccc2-c2ccc(N(c3ccc(-c4cccc5c4sc4ccccc45)cc3)c3ccc4c(c3)c3ccc5c(c3n4-c3ccccc3)C(C)(C)c3ccccc3-5)cc21. The number of benzene rings is 9. The monoisotopic (exact) mass is 824 g/mol. The highest BCUT2D eigenvalue weighted by atomic mass is 32.1. The van der Waals surface area contributed by atoms with E-state index in [2.05, 4.69) is 231 Å². The molecule has 2 nitrogen and oxygen atoms in total. The fourth-order valence-corrected chi connectivity index (χ4v) is 12.6. The first-order chi connectivity index (χ1) is 30.8. The summed E-state index contributed by atoms with van der Waals surface area (Å²) < 4.78 is 5.18. The molecule has 2 aliphatic rings. The zero-order chi connectivity index (χ0) is 42.2. The summed E-state index contributed by atoms with van der Waals surface area (Å²) >= 11 is 1.89. The number of aromatic nitrogens is 1. The molecule has 13 rings (SSSR count). The van der Waals surface area contributed by atoms with Crippen molar-refractivity contribution in [1.29, 1.82) is 0 Å². The second kappa shape index (κ2) is 13.2. The second-order valence-electron chi connectivity index (χ2n) is 18.5. The number of thiophene rings is 1. The summed E-state index contributed by atoms with van der Waals surface area (Å²) in [7, 11) is 0. The lowest BCUT2D eigenvalue weighted by Crippen LogP contribution is -2.16. The summed E-state index contributed by atoms with van der Waals surface area (Å²) in [5.74, 6) is 0. The van der Waals surface area contributed by atoms with E-state index in [4.69, 9.17) is 0 Å². The molecule has 2 heterocycles. The molecule has 2 aromatic heterocycles. The van der Waals surface area contributed by atoms with Crippen LogP contribution >= 0.6 is 11.3 Å². The van der Waals surface area contributed by atoms with Gasteiger partial charge < -0.3 is 9.47 Å². The summed E-state index contributed by atoms with van der Waals surface area (Å²) in [4.78, 5) is 2.47. The lowest BCUT2D eigenvalue weighted by atomic mass is 9.81. The van der Waals surface area contributed by atoms with Gasteiger partial charge in [0.1, 0.15) is 0 Å². The molecule has 0 fully saturated rings. The van der Waals surface area contributed by atoms with Crippen LogP contribution in [-0.2, 0) is 10.8 Å². The summed E-state index contributed by atoms with van der Waals surface area (Å²) in [6.45, 7) is 9.54. The van der Waals surface area contributed by atoms with Gasteiger partial charge in [0.05, 0.1) is 11.0 Å². The van der Waals surface area contributed by atoms with Crippen LogP contribution in [-0.4, -0.2) is 4.57 Å². The van der Waals surface area contributed by atoms with Crippen molar-refractivity contribution in [2.75, 3.05) is 4.90 Å². The molecule has 0 unspecified atom stereocenters. The smallest absolute Gasteiger partial charge is 0.0588 e. The molecule has 0 amide bonds. The molecular formula is C60H44N2S. The van der Waals surface area contributed by atoms with E-state index in [1.807, 2.05) is 11.3 Å². The van der Waals surface area contributed by atoms with Crippen molar-refractivity contribution in [3.05, 3.63) is 216 Å². The number of hydrogen-bond acceptors (Lipinski definition) is 2. The minimum atomic E-state index is -0.169. The fraction of sp³-hybridized carbons (Fsp3) is 0.100. The normalized spacial score (nSPS) is 14.3. The van der Waals surface area contributed by atoms with Gasteiger partial charge >= 0.3 is 0 Å². The molecule has 0 saturated heterocycles. The van der Waals surface area contributed by atoms with Gasteiger partial charge in [-0.1, -0.05) is 161 Å². The zero-order valence-electron chi connectivity index (χ0n) is 35.8. The van der Waals surface area contributed by atoms with Crippen LogP contribution in [0.15, 0.2) is 194 Å². The van der Waals surface area contributed by atoms with Gasteiger partial charge in [-0.2, -0.15) is 0 Å². The maximum atomic E-state index is 2.52. The molecule has 63 heavy (non-hydrogen) atoms. The van der Waals surface area contributed by atoms with Crippen molar-refractivity contribution in [3.8, 4) is 39.1 Å². The molecule has 0 aliphatic heterocycles. The van der Waals surface area contributed by atoms with E-state index in [9.17, 15) is 0 Å². The Morgan fingerprint density at radius 2 is 1.02 bits per heavy atom. The van der Waals surface area contributed by atoms with Crippen LogP contribution in [0.3, 0.4) is 0 Å². The highest BCUT2D eigenvalue weighted by Crippen LogP contribution is 2.54. The van der Waals surface area contributed by atoms with Crippen LogP contribution < -0.4 is 4.90 Å². The Morgan fingerprint density at radius 1 is 0.413 bits per heavy atom. The maximum Gasteiger partial charge on any atom is 0.0588 e. The van der Waals surface area contributed by atoms with Gasteiger partial charge in [0.2, 0.25) is 0 Å². The van der Waals surface area contributed by atoms with Crippen LogP contribution in [0, 0.1) is 0 Å². The molecule has 0 saturated carbocycles. The highest BCUT2D eigenvalue weighted by molar-refractivity contribution is 7.26. The maximum absolute atomic E-state index is 2.52. The number of para-hydroxylation sites is 1. The lowest BCUT2D eigenvalue weighted by Gasteiger charge is -2.28. The Kier molecular flexibility index (Phi) is 7.61. The van der Waals surface area contributed by atoms with E-state index in [0.29, 0.717) is 0 Å². The third kappa shape index (κ3) is 5.12. The van der Waals surface area contributed by atoms with Gasteiger partial charge in [0.15, 0.2) is 0 Å². The zero-order valence-corrected chi connectivity index (χ0v) is 36.6. The van der Waals surface area contributed by atoms with E-state index in [-0.39, 0.29) is 10.8 Å². The van der Waals surface area contributed by atoms with Gasteiger partial charge in [-0.25, -0.2) is 0 Å². The fourth-order valence-electron chi connectivity index (χ4n) is 11.4. The number of anilines is 3. The molecule has 0 radical (unpaired) electrons. The molecule has 0 spiro atoms. The Bertz CT molecular complexity index is 3680. The Labute approximate surface area is 371 Å². The van der Waals surface area contributed by atoms with E-state index < -0.39 is 0 Å².